The van der Waals surface area contributed by atoms with E-state index in [0.717, 1.165) is 5.52 Å². The number of benzene rings is 1. The van der Waals surface area contributed by atoms with Crippen molar-refractivity contribution < 1.29 is 0 Å². The van der Waals surface area contributed by atoms with Crippen molar-refractivity contribution in [1.29, 1.82) is 0 Å². The molecule has 1 aromatic carbocycles. The summed E-state index contributed by atoms with van der Waals surface area (Å²) in [5, 5.41) is 3.22. The summed E-state index contributed by atoms with van der Waals surface area (Å²) < 4.78 is 0. The first-order valence-corrected chi connectivity index (χ1v) is 9.18. The van der Waals surface area contributed by atoms with Crippen molar-refractivity contribution in [3.63, 3.8) is 0 Å². The molecule has 0 atom stereocenters. The number of hydrogen-bond donors (Lipinski definition) is 0. The van der Waals surface area contributed by atoms with Crippen molar-refractivity contribution >= 4 is 24.2 Å². The molecule has 1 nitrogen and oxygen atoms in total. The Hall–Kier alpha value is -1.15. The van der Waals surface area contributed by atoms with Crippen LogP contribution in [0.5, 0.6) is 0 Å². The van der Waals surface area contributed by atoms with Crippen LogP contribution in [0.3, 0.4) is 0 Å². The lowest BCUT2D eigenvalue weighted by molar-refractivity contribution is 0.730. The van der Waals surface area contributed by atoms with Gasteiger partial charge in [-0.15, -0.1) is 0 Å². The Morgan fingerprint density at radius 3 is 2.29 bits per heavy atom. The maximum absolute atomic E-state index is 4.46. The molecule has 0 aliphatic rings. The van der Waals surface area contributed by atoms with Crippen LogP contribution in [0.25, 0.3) is 10.9 Å². The molecule has 0 bridgehead atoms. The standard InChI is InChI=1S/C15H21NSi/c1-15(2,3)17(4,5)14-10-11-16-13-9-7-6-8-12(13)14/h6-11H,1-5H3. The van der Waals surface area contributed by atoms with Crippen LogP contribution in [0, 0.1) is 0 Å². The van der Waals surface area contributed by atoms with E-state index in [0.29, 0.717) is 5.04 Å². The fourth-order valence-corrected chi connectivity index (χ4v) is 4.23. The molecule has 0 aliphatic carbocycles. The molecule has 2 rings (SSSR count). The predicted molar refractivity (Wildman–Crippen MR) is 78.6 cm³/mol. The van der Waals surface area contributed by atoms with Crippen LogP contribution in [0.4, 0.5) is 0 Å². The molecule has 2 heteroatoms. The Labute approximate surface area is 105 Å². The summed E-state index contributed by atoms with van der Waals surface area (Å²) in [5.41, 5.74) is 1.12. The average Bonchev–Trinajstić information content (AvgIpc) is 2.26. The minimum atomic E-state index is -1.49. The van der Waals surface area contributed by atoms with Crippen LogP contribution in [0.2, 0.25) is 18.1 Å². The fourth-order valence-electron chi connectivity index (χ4n) is 2.04. The number of aromatic nitrogens is 1. The van der Waals surface area contributed by atoms with Crippen LogP contribution < -0.4 is 5.19 Å². The lowest BCUT2D eigenvalue weighted by atomic mass is 10.2. The van der Waals surface area contributed by atoms with Crippen LogP contribution in [0.1, 0.15) is 20.8 Å². The minimum absolute atomic E-state index is 0.358. The Morgan fingerprint density at radius 1 is 1.00 bits per heavy atom. The largest absolute Gasteiger partial charge is 0.256 e. The summed E-state index contributed by atoms with van der Waals surface area (Å²) in [6.45, 7) is 12.0. The van der Waals surface area contributed by atoms with E-state index in [1.807, 2.05) is 6.20 Å². The Balaban J connectivity index is 2.72. The molecule has 17 heavy (non-hydrogen) atoms. The summed E-state index contributed by atoms with van der Waals surface area (Å²) >= 11 is 0. The van der Waals surface area contributed by atoms with Crippen molar-refractivity contribution in [2.75, 3.05) is 0 Å². The highest BCUT2D eigenvalue weighted by molar-refractivity contribution is 6.93. The molecule has 0 amide bonds. The van der Waals surface area contributed by atoms with Gasteiger partial charge in [-0.2, -0.15) is 0 Å². The lowest BCUT2D eigenvalue weighted by Gasteiger charge is -2.38. The molecule has 1 aromatic heterocycles. The Morgan fingerprint density at radius 2 is 1.65 bits per heavy atom. The fraction of sp³-hybridized carbons (Fsp3) is 0.400. The molecule has 0 N–H and O–H groups in total. The molecule has 2 aromatic rings. The van der Waals surface area contributed by atoms with Crippen molar-refractivity contribution in [1.82, 2.24) is 4.98 Å². The quantitative estimate of drug-likeness (QED) is 0.691. The number of nitrogens with zero attached hydrogens (tertiary/aromatic N) is 1. The van der Waals surface area contributed by atoms with Crippen LogP contribution in [-0.4, -0.2) is 13.1 Å². The molecular weight excluding hydrogens is 222 g/mol. The first-order chi connectivity index (χ1) is 7.84. The van der Waals surface area contributed by atoms with Gasteiger partial charge in [-0.3, -0.25) is 4.98 Å². The second kappa shape index (κ2) is 3.95. The van der Waals surface area contributed by atoms with Crippen molar-refractivity contribution in [2.24, 2.45) is 0 Å². The molecule has 0 spiro atoms. The zero-order chi connectivity index (χ0) is 12.7. The van der Waals surface area contributed by atoms with Gasteiger partial charge in [-0.1, -0.05) is 52.1 Å². The summed E-state index contributed by atoms with van der Waals surface area (Å²) in [5.74, 6) is 0. The van der Waals surface area contributed by atoms with Gasteiger partial charge in [0.2, 0.25) is 0 Å². The van der Waals surface area contributed by atoms with Crippen molar-refractivity contribution in [3.05, 3.63) is 36.5 Å². The molecule has 0 saturated carbocycles. The third-order valence-electron chi connectivity index (χ3n) is 4.20. The van der Waals surface area contributed by atoms with Crippen LogP contribution in [0.15, 0.2) is 36.5 Å². The number of rotatable bonds is 1. The van der Waals surface area contributed by atoms with E-state index in [4.69, 9.17) is 0 Å². The zero-order valence-corrected chi connectivity index (χ0v) is 12.4. The van der Waals surface area contributed by atoms with E-state index in [1.54, 1.807) is 0 Å². The Bertz CT molecular complexity index is 533. The lowest BCUT2D eigenvalue weighted by Crippen LogP contribution is -2.49. The van der Waals surface area contributed by atoms with Crippen LogP contribution >= 0.6 is 0 Å². The van der Waals surface area contributed by atoms with Gasteiger partial charge in [0.1, 0.15) is 0 Å². The van der Waals surface area contributed by atoms with E-state index >= 15 is 0 Å². The van der Waals surface area contributed by atoms with E-state index in [2.05, 4.69) is 69.2 Å². The molecule has 0 radical (unpaired) electrons. The summed E-state index contributed by atoms with van der Waals surface area (Å²) in [6.07, 6.45) is 1.96. The van der Waals surface area contributed by atoms with E-state index in [-0.39, 0.29) is 0 Å². The normalized spacial score (nSPS) is 13.0. The molecule has 1 heterocycles. The molecule has 0 aliphatic heterocycles. The van der Waals surface area contributed by atoms with Gasteiger partial charge in [0.15, 0.2) is 0 Å². The van der Waals surface area contributed by atoms with Gasteiger partial charge in [-0.05, 0) is 27.7 Å². The molecule has 90 valence electrons. The first kappa shape index (κ1) is 12.3. The van der Waals surface area contributed by atoms with E-state index < -0.39 is 8.07 Å². The maximum atomic E-state index is 4.46. The van der Waals surface area contributed by atoms with Gasteiger partial charge in [0, 0.05) is 6.20 Å². The highest BCUT2D eigenvalue weighted by atomic mass is 28.3. The van der Waals surface area contributed by atoms with Gasteiger partial charge in [0.25, 0.3) is 0 Å². The SMILES string of the molecule is CC(C)(C)[Si](C)(C)c1ccnc2ccccc12. The molecule has 0 fully saturated rings. The molecular formula is C15H21NSi. The summed E-state index contributed by atoms with van der Waals surface area (Å²) in [7, 11) is -1.49. The smallest absolute Gasteiger partial charge is 0.0868 e. The highest BCUT2D eigenvalue weighted by Gasteiger charge is 2.37. The van der Waals surface area contributed by atoms with E-state index in [9.17, 15) is 0 Å². The number of hydrogen-bond acceptors (Lipinski definition) is 1. The highest BCUT2D eigenvalue weighted by Crippen LogP contribution is 2.36. The van der Waals surface area contributed by atoms with Gasteiger partial charge in [0.05, 0.1) is 13.6 Å². The summed E-state index contributed by atoms with van der Waals surface area (Å²) in [6, 6.07) is 10.7. The van der Waals surface area contributed by atoms with Gasteiger partial charge < -0.3 is 0 Å². The summed E-state index contributed by atoms with van der Waals surface area (Å²) in [4.78, 5) is 4.46. The van der Waals surface area contributed by atoms with E-state index in [1.165, 1.54) is 10.6 Å². The number of para-hydroxylation sites is 1. The zero-order valence-electron chi connectivity index (χ0n) is 11.4. The first-order valence-electron chi connectivity index (χ1n) is 6.18. The van der Waals surface area contributed by atoms with Crippen molar-refractivity contribution in [3.8, 4) is 0 Å². The third-order valence-corrected chi connectivity index (χ3v) is 9.73. The number of fused-ring (bicyclic) bond motifs is 1. The minimum Gasteiger partial charge on any atom is -0.256 e. The second-order valence-corrected chi connectivity index (χ2v) is 11.5. The van der Waals surface area contributed by atoms with Gasteiger partial charge >= 0.3 is 0 Å². The number of pyridine rings is 1. The third kappa shape index (κ3) is 2.02. The molecule has 0 unspecified atom stereocenters. The monoisotopic (exact) mass is 243 g/mol. The Kier molecular flexibility index (Phi) is 2.86. The van der Waals surface area contributed by atoms with Crippen molar-refractivity contribution in [2.45, 2.75) is 38.9 Å². The molecule has 0 saturated heterocycles. The maximum Gasteiger partial charge on any atom is 0.0868 e. The van der Waals surface area contributed by atoms with Gasteiger partial charge in [-0.25, -0.2) is 0 Å². The average molecular weight is 243 g/mol. The second-order valence-electron chi connectivity index (χ2n) is 6.25. The topological polar surface area (TPSA) is 12.9 Å². The predicted octanol–water partition coefficient (Wildman–Crippen LogP) is 3.95. The van der Waals surface area contributed by atoms with Crippen LogP contribution in [-0.2, 0) is 0 Å².